The molecule has 0 aromatic carbocycles. The van der Waals surface area contributed by atoms with Crippen molar-refractivity contribution in [2.45, 2.75) is 51.7 Å². The zero-order valence-corrected chi connectivity index (χ0v) is 14.6. The molecule has 3 rings (SSSR count). The lowest BCUT2D eigenvalue weighted by atomic mass is 10.1. The Labute approximate surface area is 141 Å². The number of carbonyl (C=O) groups excluding carboxylic acids is 1. The summed E-state index contributed by atoms with van der Waals surface area (Å²) >= 11 is 1.58. The van der Waals surface area contributed by atoms with Crippen molar-refractivity contribution in [3.8, 4) is 6.07 Å². The summed E-state index contributed by atoms with van der Waals surface area (Å²) in [6, 6.07) is 2.27. The second kappa shape index (κ2) is 7.00. The average Bonchev–Trinajstić information content (AvgIpc) is 3.04. The van der Waals surface area contributed by atoms with Gasteiger partial charge in [0.1, 0.15) is 36.4 Å². The normalized spacial score (nSPS) is 26.6. The Bertz CT molecular complexity index is 625. The van der Waals surface area contributed by atoms with Crippen molar-refractivity contribution < 1.29 is 14.4 Å². The maximum absolute atomic E-state index is 12.3. The zero-order valence-electron chi connectivity index (χ0n) is 13.8. The van der Waals surface area contributed by atoms with E-state index >= 15 is 0 Å². The zero-order chi connectivity index (χ0) is 16.4. The first kappa shape index (κ1) is 16.4. The van der Waals surface area contributed by atoms with Crippen molar-refractivity contribution in [2.24, 2.45) is 0 Å². The fourth-order valence-corrected chi connectivity index (χ4v) is 4.94. The summed E-state index contributed by atoms with van der Waals surface area (Å²) in [7, 11) is 0. The first-order valence-electron chi connectivity index (χ1n) is 8.40. The van der Waals surface area contributed by atoms with Crippen LogP contribution in [0, 0.1) is 11.3 Å². The van der Waals surface area contributed by atoms with E-state index in [1.807, 2.05) is 0 Å². The van der Waals surface area contributed by atoms with Crippen LogP contribution in [0.1, 0.15) is 42.7 Å². The van der Waals surface area contributed by atoms with Gasteiger partial charge in [0, 0.05) is 4.88 Å². The van der Waals surface area contributed by atoms with Gasteiger partial charge in [-0.15, -0.1) is 11.3 Å². The van der Waals surface area contributed by atoms with E-state index < -0.39 is 0 Å². The van der Waals surface area contributed by atoms with Gasteiger partial charge in [-0.2, -0.15) is 5.26 Å². The molecule has 5 nitrogen and oxygen atoms in total. The van der Waals surface area contributed by atoms with Crippen molar-refractivity contribution in [3.63, 3.8) is 0 Å². The molecule has 0 radical (unpaired) electrons. The number of anilines is 1. The monoisotopic (exact) mass is 334 g/mol. The Morgan fingerprint density at radius 1 is 1.39 bits per heavy atom. The molecule has 1 aliphatic carbocycles. The van der Waals surface area contributed by atoms with E-state index in [4.69, 9.17) is 4.74 Å². The molecule has 124 valence electrons. The van der Waals surface area contributed by atoms with Gasteiger partial charge in [0.2, 0.25) is 5.91 Å². The molecule has 0 bridgehead atoms. The predicted octanol–water partition coefficient (Wildman–Crippen LogP) is 1.13. The fourth-order valence-electron chi connectivity index (χ4n) is 3.68. The molecule has 6 heteroatoms. The van der Waals surface area contributed by atoms with Crippen LogP contribution in [0.15, 0.2) is 0 Å². The van der Waals surface area contributed by atoms with Crippen LogP contribution in [0.5, 0.6) is 0 Å². The molecule has 2 atom stereocenters. The SMILES string of the molecule is C[C@@H]1C[NH+](CCC(=O)Nc2sc3c(c2C#N)CCC3)C[C@@H](C)O1. The van der Waals surface area contributed by atoms with E-state index in [9.17, 15) is 10.1 Å². The van der Waals surface area contributed by atoms with Crippen molar-refractivity contribution >= 4 is 22.2 Å². The third-order valence-corrected chi connectivity index (χ3v) is 5.82. The van der Waals surface area contributed by atoms with Crippen LogP contribution >= 0.6 is 11.3 Å². The van der Waals surface area contributed by atoms with Crippen LogP contribution in [-0.4, -0.2) is 37.7 Å². The minimum absolute atomic E-state index is 0.0146. The highest BCUT2D eigenvalue weighted by atomic mass is 32.1. The molecular weight excluding hydrogens is 310 g/mol. The molecule has 1 aliphatic heterocycles. The number of fused-ring (bicyclic) bond motifs is 1. The summed E-state index contributed by atoms with van der Waals surface area (Å²) in [5.74, 6) is 0.0146. The van der Waals surface area contributed by atoms with Gasteiger partial charge < -0.3 is 15.0 Å². The molecule has 1 amide bonds. The predicted molar refractivity (Wildman–Crippen MR) is 89.9 cm³/mol. The van der Waals surface area contributed by atoms with Crippen LogP contribution in [0.25, 0.3) is 0 Å². The van der Waals surface area contributed by atoms with E-state index in [0.717, 1.165) is 49.5 Å². The molecule has 2 heterocycles. The molecule has 2 N–H and O–H groups in total. The number of quaternary nitrogens is 1. The van der Waals surface area contributed by atoms with Crippen molar-refractivity contribution in [3.05, 3.63) is 16.0 Å². The average molecular weight is 334 g/mol. The lowest BCUT2D eigenvalue weighted by molar-refractivity contribution is -0.914. The van der Waals surface area contributed by atoms with E-state index in [0.29, 0.717) is 12.0 Å². The van der Waals surface area contributed by atoms with Crippen LogP contribution in [0.2, 0.25) is 0 Å². The summed E-state index contributed by atoms with van der Waals surface area (Å²) in [5, 5.41) is 13.1. The highest BCUT2D eigenvalue weighted by molar-refractivity contribution is 7.16. The Morgan fingerprint density at radius 2 is 2.13 bits per heavy atom. The number of aryl methyl sites for hydroxylation is 1. The standard InChI is InChI=1S/C17H23N3O2S/c1-11-9-20(10-12(2)22-11)7-6-16(21)19-17-14(8-18)13-4-3-5-15(13)23-17/h11-12H,3-7,9-10H2,1-2H3,(H,19,21)/p+1/t11-,12-/m1/s1. The number of thiophene rings is 1. The Morgan fingerprint density at radius 3 is 2.83 bits per heavy atom. The Kier molecular flexibility index (Phi) is 5.00. The highest BCUT2D eigenvalue weighted by Crippen LogP contribution is 2.38. The maximum atomic E-state index is 12.3. The number of morpholine rings is 1. The summed E-state index contributed by atoms with van der Waals surface area (Å²) in [4.78, 5) is 14.9. The van der Waals surface area contributed by atoms with Crippen LogP contribution < -0.4 is 10.2 Å². The smallest absolute Gasteiger partial charge is 0.230 e. The molecule has 0 spiro atoms. The largest absolute Gasteiger partial charge is 0.364 e. The Hall–Kier alpha value is -1.42. The minimum atomic E-state index is 0.0146. The van der Waals surface area contributed by atoms with Gasteiger partial charge in [-0.3, -0.25) is 4.79 Å². The summed E-state index contributed by atoms with van der Waals surface area (Å²) in [6.07, 6.45) is 4.13. The number of nitrogens with one attached hydrogen (secondary N) is 2. The van der Waals surface area contributed by atoms with E-state index in [-0.39, 0.29) is 18.1 Å². The first-order valence-corrected chi connectivity index (χ1v) is 9.22. The van der Waals surface area contributed by atoms with Crippen molar-refractivity contribution in [1.82, 2.24) is 0 Å². The molecule has 1 aromatic heterocycles. The Balaban J connectivity index is 1.55. The number of carbonyl (C=O) groups is 1. The van der Waals surface area contributed by atoms with E-state index in [1.54, 1.807) is 11.3 Å². The molecule has 1 aromatic rings. The third kappa shape index (κ3) is 3.74. The van der Waals surface area contributed by atoms with E-state index in [2.05, 4.69) is 25.2 Å². The molecular formula is C17H24N3O2S+. The van der Waals surface area contributed by atoms with Gasteiger partial charge in [0.25, 0.3) is 0 Å². The second-order valence-electron chi connectivity index (χ2n) is 6.64. The second-order valence-corrected chi connectivity index (χ2v) is 7.74. The summed E-state index contributed by atoms with van der Waals surface area (Å²) in [6.45, 7) is 6.89. The molecule has 0 saturated carbocycles. The topological polar surface area (TPSA) is 66.6 Å². The molecule has 2 aliphatic rings. The van der Waals surface area contributed by atoms with E-state index in [1.165, 1.54) is 9.78 Å². The number of rotatable bonds is 4. The number of hydrogen-bond acceptors (Lipinski definition) is 4. The van der Waals surface area contributed by atoms with Gasteiger partial charge in [-0.1, -0.05) is 0 Å². The quantitative estimate of drug-likeness (QED) is 0.867. The number of nitriles is 1. The van der Waals surface area contributed by atoms with Gasteiger partial charge in [-0.25, -0.2) is 0 Å². The molecule has 23 heavy (non-hydrogen) atoms. The lowest BCUT2D eigenvalue weighted by Crippen LogP contribution is -3.15. The fraction of sp³-hybridized carbons (Fsp3) is 0.647. The van der Waals surface area contributed by atoms with Gasteiger partial charge in [-0.05, 0) is 38.7 Å². The summed E-state index contributed by atoms with van der Waals surface area (Å²) < 4.78 is 5.73. The third-order valence-electron chi connectivity index (χ3n) is 4.61. The first-order chi connectivity index (χ1) is 11.1. The van der Waals surface area contributed by atoms with Crippen LogP contribution in [0.4, 0.5) is 5.00 Å². The van der Waals surface area contributed by atoms with Gasteiger partial charge >= 0.3 is 0 Å². The lowest BCUT2D eigenvalue weighted by Gasteiger charge is -2.32. The molecule has 1 fully saturated rings. The van der Waals surface area contributed by atoms with Gasteiger partial charge in [0.05, 0.1) is 18.5 Å². The van der Waals surface area contributed by atoms with Crippen molar-refractivity contribution in [1.29, 1.82) is 5.26 Å². The number of nitrogens with zero attached hydrogens (tertiary/aromatic N) is 1. The maximum Gasteiger partial charge on any atom is 0.230 e. The summed E-state index contributed by atoms with van der Waals surface area (Å²) in [5.41, 5.74) is 1.85. The minimum Gasteiger partial charge on any atom is -0.364 e. The van der Waals surface area contributed by atoms with Crippen LogP contribution in [-0.2, 0) is 22.4 Å². The highest BCUT2D eigenvalue weighted by Gasteiger charge is 2.26. The number of ether oxygens (including phenoxy) is 1. The molecule has 0 unspecified atom stereocenters. The van der Waals surface area contributed by atoms with Crippen LogP contribution in [0.3, 0.4) is 0 Å². The number of hydrogen-bond donors (Lipinski definition) is 2. The number of amides is 1. The van der Waals surface area contributed by atoms with Crippen molar-refractivity contribution in [2.75, 3.05) is 25.0 Å². The molecule has 1 saturated heterocycles. The van der Waals surface area contributed by atoms with Gasteiger partial charge in [0.15, 0.2) is 0 Å².